The van der Waals surface area contributed by atoms with Gasteiger partial charge in [0.2, 0.25) is 0 Å². The Morgan fingerprint density at radius 1 is 1.47 bits per heavy atom. The second-order valence-corrected chi connectivity index (χ2v) is 4.11. The lowest BCUT2D eigenvalue weighted by Gasteiger charge is -2.22. The highest BCUT2D eigenvalue weighted by Gasteiger charge is 2.24. The summed E-state index contributed by atoms with van der Waals surface area (Å²) >= 11 is 0. The zero-order valence-corrected chi connectivity index (χ0v) is 9.36. The monoisotopic (exact) mass is 206 g/mol. The second-order valence-electron chi connectivity index (χ2n) is 4.11. The third-order valence-corrected chi connectivity index (χ3v) is 3.06. The zero-order chi connectivity index (χ0) is 10.8. The first-order chi connectivity index (χ1) is 7.22. The van der Waals surface area contributed by atoms with Crippen LogP contribution >= 0.6 is 0 Å². The van der Waals surface area contributed by atoms with Crippen LogP contribution in [0, 0.1) is 6.92 Å². The first-order valence-electron chi connectivity index (χ1n) is 5.35. The molecule has 1 aromatic carbocycles. The van der Waals surface area contributed by atoms with Crippen molar-refractivity contribution >= 4 is 11.4 Å². The molecule has 3 nitrogen and oxygen atoms in total. The molecule has 0 bridgehead atoms. The molecule has 0 radical (unpaired) electrons. The van der Waals surface area contributed by atoms with E-state index in [1.807, 2.05) is 12.1 Å². The van der Waals surface area contributed by atoms with Gasteiger partial charge in [-0.25, -0.2) is 0 Å². The molecule has 1 aromatic rings. The van der Waals surface area contributed by atoms with Crippen molar-refractivity contribution < 1.29 is 4.74 Å². The van der Waals surface area contributed by atoms with Crippen molar-refractivity contribution in [2.45, 2.75) is 19.4 Å². The highest BCUT2D eigenvalue weighted by Crippen LogP contribution is 2.30. The molecule has 1 heterocycles. The van der Waals surface area contributed by atoms with Crippen molar-refractivity contribution in [2.24, 2.45) is 0 Å². The second kappa shape index (κ2) is 4.11. The highest BCUT2D eigenvalue weighted by atomic mass is 16.5. The Kier molecular flexibility index (Phi) is 2.82. The molecular formula is C12H18N2O. The molecule has 0 aromatic heterocycles. The molecule has 82 valence electrons. The summed E-state index contributed by atoms with van der Waals surface area (Å²) in [4.78, 5) is 2.32. The Bertz CT molecular complexity index is 331. The van der Waals surface area contributed by atoms with Crippen LogP contribution in [0.4, 0.5) is 11.4 Å². The molecule has 0 spiro atoms. The SMILES string of the molecule is COC1CCN(c2c(C)cccc2N)C1. The molecule has 0 saturated carbocycles. The van der Waals surface area contributed by atoms with Crippen LogP contribution in [-0.2, 0) is 4.74 Å². The maximum absolute atomic E-state index is 6.01. The standard InChI is InChI=1S/C12H18N2O/c1-9-4-3-5-11(13)12(9)14-7-6-10(8-14)15-2/h3-5,10H,6-8,13H2,1-2H3. The van der Waals surface area contributed by atoms with E-state index >= 15 is 0 Å². The third-order valence-electron chi connectivity index (χ3n) is 3.06. The first-order valence-corrected chi connectivity index (χ1v) is 5.35. The Balaban J connectivity index is 2.23. The number of aryl methyl sites for hydroxylation is 1. The van der Waals surface area contributed by atoms with Crippen molar-refractivity contribution in [2.75, 3.05) is 30.8 Å². The maximum atomic E-state index is 6.01. The normalized spacial score (nSPS) is 20.9. The van der Waals surface area contributed by atoms with E-state index in [0.29, 0.717) is 6.10 Å². The smallest absolute Gasteiger partial charge is 0.0762 e. The van der Waals surface area contributed by atoms with Crippen molar-refractivity contribution in [3.05, 3.63) is 23.8 Å². The number of hydrogen-bond donors (Lipinski definition) is 1. The molecule has 1 aliphatic heterocycles. The number of anilines is 2. The largest absolute Gasteiger partial charge is 0.397 e. The van der Waals surface area contributed by atoms with Crippen LogP contribution < -0.4 is 10.6 Å². The lowest BCUT2D eigenvalue weighted by molar-refractivity contribution is 0.121. The Morgan fingerprint density at radius 3 is 2.87 bits per heavy atom. The number of ether oxygens (including phenoxy) is 1. The lowest BCUT2D eigenvalue weighted by atomic mass is 10.1. The van der Waals surface area contributed by atoms with E-state index in [1.54, 1.807) is 7.11 Å². The van der Waals surface area contributed by atoms with Gasteiger partial charge < -0.3 is 15.4 Å². The number of hydrogen-bond acceptors (Lipinski definition) is 3. The van der Waals surface area contributed by atoms with Gasteiger partial charge >= 0.3 is 0 Å². The van der Waals surface area contributed by atoms with E-state index in [-0.39, 0.29) is 0 Å². The van der Waals surface area contributed by atoms with Gasteiger partial charge in [0.1, 0.15) is 0 Å². The molecule has 0 amide bonds. The van der Waals surface area contributed by atoms with Gasteiger partial charge in [0.25, 0.3) is 0 Å². The average molecular weight is 206 g/mol. The molecule has 1 saturated heterocycles. The molecule has 1 aliphatic rings. The number of para-hydroxylation sites is 1. The van der Waals surface area contributed by atoms with Crippen molar-refractivity contribution in [3.63, 3.8) is 0 Å². The molecule has 1 atom stereocenters. The number of nitrogen functional groups attached to an aromatic ring is 1. The molecular weight excluding hydrogens is 188 g/mol. The Hall–Kier alpha value is -1.22. The maximum Gasteiger partial charge on any atom is 0.0762 e. The minimum Gasteiger partial charge on any atom is -0.397 e. The average Bonchev–Trinajstić information content (AvgIpc) is 2.66. The lowest BCUT2D eigenvalue weighted by Crippen LogP contribution is -2.23. The quantitative estimate of drug-likeness (QED) is 0.750. The number of nitrogens with zero attached hydrogens (tertiary/aromatic N) is 1. The number of rotatable bonds is 2. The summed E-state index contributed by atoms with van der Waals surface area (Å²) in [5.41, 5.74) is 9.29. The topological polar surface area (TPSA) is 38.5 Å². The first kappa shape index (κ1) is 10.3. The predicted molar refractivity (Wildman–Crippen MR) is 63.2 cm³/mol. The summed E-state index contributed by atoms with van der Waals surface area (Å²) in [6.45, 7) is 4.09. The summed E-state index contributed by atoms with van der Waals surface area (Å²) in [5.74, 6) is 0. The molecule has 0 aliphatic carbocycles. The summed E-state index contributed by atoms with van der Waals surface area (Å²) in [6, 6.07) is 6.06. The minimum absolute atomic E-state index is 0.351. The summed E-state index contributed by atoms with van der Waals surface area (Å²) in [5, 5.41) is 0. The van der Waals surface area contributed by atoms with Crippen LogP contribution in [0.15, 0.2) is 18.2 Å². The van der Waals surface area contributed by atoms with E-state index in [9.17, 15) is 0 Å². The Labute approximate surface area is 90.8 Å². The summed E-state index contributed by atoms with van der Waals surface area (Å²) < 4.78 is 5.36. The fourth-order valence-electron chi connectivity index (χ4n) is 2.24. The van der Waals surface area contributed by atoms with E-state index in [2.05, 4.69) is 17.9 Å². The van der Waals surface area contributed by atoms with Crippen LogP contribution in [0.2, 0.25) is 0 Å². The van der Waals surface area contributed by atoms with E-state index in [1.165, 1.54) is 11.3 Å². The molecule has 2 N–H and O–H groups in total. The Morgan fingerprint density at radius 2 is 2.27 bits per heavy atom. The van der Waals surface area contributed by atoms with Crippen molar-refractivity contribution in [1.29, 1.82) is 0 Å². The summed E-state index contributed by atoms with van der Waals surface area (Å²) in [7, 11) is 1.77. The molecule has 15 heavy (non-hydrogen) atoms. The summed E-state index contributed by atoms with van der Waals surface area (Å²) in [6.07, 6.45) is 1.44. The van der Waals surface area contributed by atoms with Gasteiger partial charge in [-0.15, -0.1) is 0 Å². The van der Waals surface area contributed by atoms with Gasteiger partial charge in [0, 0.05) is 20.2 Å². The van der Waals surface area contributed by atoms with Crippen LogP contribution in [0.3, 0.4) is 0 Å². The highest BCUT2D eigenvalue weighted by molar-refractivity contribution is 5.71. The number of nitrogens with two attached hydrogens (primary N) is 1. The fourth-order valence-corrected chi connectivity index (χ4v) is 2.24. The van der Waals surface area contributed by atoms with Crippen molar-refractivity contribution in [3.8, 4) is 0 Å². The zero-order valence-electron chi connectivity index (χ0n) is 9.36. The van der Waals surface area contributed by atoms with Gasteiger partial charge in [-0.05, 0) is 25.0 Å². The van der Waals surface area contributed by atoms with E-state index < -0.39 is 0 Å². The number of methoxy groups -OCH3 is 1. The van der Waals surface area contributed by atoms with Gasteiger partial charge in [0.05, 0.1) is 17.5 Å². The van der Waals surface area contributed by atoms with Gasteiger partial charge in [-0.2, -0.15) is 0 Å². The van der Waals surface area contributed by atoms with Crippen molar-refractivity contribution in [1.82, 2.24) is 0 Å². The minimum atomic E-state index is 0.351. The number of benzene rings is 1. The molecule has 1 fully saturated rings. The van der Waals surface area contributed by atoms with E-state index in [0.717, 1.165) is 25.2 Å². The van der Waals surface area contributed by atoms with Gasteiger partial charge in [-0.1, -0.05) is 12.1 Å². The van der Waals surface area contributed by atoms with E-state index in [4.69, 9.17) is 10.5 Å². The van der Waals surface area contributed by atoms with Gasteiger partial charge in [-0.3, -0.25) is 0 Å². The van der Waals surface area contributed by atoms with Crippen LogP contribution in [0.25, 0.3) is 0 Å². The van der Waals surface area contributed by atoms with Crippen LogP contribution in [0.5, 0.6) is 0 Å². The molecule has 2 rings (SSSR count). The van der Waals surface area contributed by atoms with Crippen LogP contribution in [-0.4, -0.2) is 26.3 Å². The molecule has 1 unspecified atom stereocenters. The van der Waals surface area contributed by atoms with Crippen LogP contribution in [0.1, 0.15) is 12.0 Å². The fraction of sp³-hybridized carbons (Fsp3) is 0.500. The predicted octanol–water partition coefficient (Wildman–Crippen LogP) is 1.80. The third kappa shape index (κ3) is 1.92. The van der Waals surface area contributed by atoms with Gasteiger partial charge in [0.15, 0.2) is 0 Å². The molecule has 3 heteroatoms.